The maximum absolute atomic E-state index is 13.5. The van der Waals surface area contributed by atoms with Crippen molar-refractivity contribution in [3.05, 3.63) is 123 Å². The lowest BCUT2D eigenvalue weighted by atomic mass is 9.90. The molecule has 3 aromatic carbocycles. The fourth-order valence-electron chi connectivity index (χ4n) is 4.92. The van der Waals surface area contributed by atoms with Gasteiger partial charge in [0, 0.05) is 22.6 Å². The van der Waals surface area contributed by atoms with Crippen LogP contribution in [-0.4, -0.2) is 30.0 Å². The summed E-state index contributed by atoms with van der Waals surface area (Å²) in [5, 5.41) is 5.18. The Hall–Kier alpha value is -4.60. The number of carbonyl (C=O) groups is 3. The number of carbonyl (C=O) groups excluding carboxylic acids is 3. The third-order valence-corrected chi connectivity index (χ3v) is 7.46. The van der Waals surface area contributed by atoms with Crippen LogP contribution in [0.15, 0.2) is 88.4 Å². The fraction of sp³-hybridized carbons (Fsp3) is 0.188. The molecule has 4 aromatic rings. The number of hydrazine groups is 1. The monoisotopic (exact) mass is 618 g/mol. The number of hydrogen-bond acceptors (Lipinski definition) is 6. The summed E-state index contributed by atoms with van der Waals surface area (Å²) in [5.41, 5.74) is 10.9. The number of halogens is 2. The highest BCUT2D eigenvalue weighted by Crippen LogP contribution is 2.31. The van der Waals surface area contributed by atoms with Gasteiger partial charge >= 0.3 is 5.91 Å². The van der Waals surface area contributed by atoms with Gasteiger partial charge < -0.3 is 9.15 Å². The molecule has 1 aliphatic carbocycles. The molecular formula is C32H28Cl2N4O5. The average Bonchev–Trinajstić information content (AvgIpc) is 3.36. The Bertz CT molecular complexity index is 1630. The molecule has 0 saturated heterocycles. The summed E-state index contributed by atoms with van der Waals surface area (Å²) >= 11 is 11.9. The third kappa shape index (κ3) is 7.07. The van der Waals surface area contributed by atoms with Gasteiger partial charge in [-0.05, 0) is 49.1 Å². The van der Waals surface area contributed by atoms with E-state index in [9.17, 15) is 14.4 Å². The van der Waals surface area contributed by atoms with Gasteiger partial charge in [0.15, 0.2) is 12.4 Å². The molecule has 0 aliphatic heterocycles. The summed E-state index contributed by atoms with van der Waals surface area (Å²) in [7, 11) is 0. The maximum atomic E-state index is 13.5. The minimum Gasteiger partial charge on any atom is -0.482 e. The van der Waals surface area contributed by atoms with E-state index in [4.69, 9.17) is 32.4 Å². The first kappa shape index (κ1) is 29.9. The zero-order valence-electron chi connectivity index (χ0n) is 23.2. The number of nitrogens with one attached hydrogen (secondary N) is 3. The number of fused-ring (bicyclic) bond motifs is 1. The van der Waals surface area contributed by atoms with Gasteiger partial charge in [-0.25, -0.2) is 5.43 Å². The van der Waals surface area contributed by atoms with E-state index in [1.165, 1.54) is 12.1 Å². The van der Waals surface area contributed by atoms with E-state index >= 15 is 0 Å². The van der Waals surface area contributed by atoms with Crippen molar-refractivity contribution in [2.24, 2.45) is 5.10 Å². The number of hydrogen-bond donors (Lipinski definition) is 3. The minimum atomic E-state index is -0.638. The molecule has 1 aromatic heterocycles. The molecule has 9 nitrogen and oxygen atoms in total. The average molecular weight is 620 g/mol. The highest BCUT2D eigenvalue weighted by atomic mass is 35.5. The predicted molar refractivity (Wildman–Crippen MR) is 163 cm³/mol. The summed E-state index contributed by atoms with van der Waals surface area (Å²) in [5.74, 6) is -1.16. The molecule has 1 aliphatic rings. The number of amides is 3. The van der Waals surface area contributed by atoms with E-state index in [-0.39, 0.29) is 22.4 Å². The van der Waals surface area contributed by atoms with Crippen LogP contribution in [0.25, 0.3) is 0 Å². The normalized spacial score (nSPS) is 13.3. The number of rotatable bonds is 8. The van der Waals surface area contributed by atoms with Crippen molar-refractivity contribution in [3.63, 3.8) is 0 Å². The summed E-state index contributed by atoms with van der Waals surface area (Å²) in [6, 6.07) is 23.6. The van der Waals surface area contributed by atoms with Crippen LogP contribution in [0.5, 0.6) is 5.75 Å². The Morgan fingerprint density at radius 2 is 1.60 bits per heavy atom. The van der Waals surface area contributed by atoms with E-state index in [1.54, 1.807) is 13.0 Å². The number of hydrazone groups is 1. The molecule has 3 amide bonds. The molecule has 0 spiro atoms. The Kier molecular flexibility index (Phi) is 9.44. The van der Waals surface area contributed by atoms with Crippen LogP contribution in [0.2, 0.25) is 10.0 Å². The smallest absolute Gasteiger partial charge is 0.305 e. The van der Waals surface area contributed by atoms with Crippen molar-refractivity contribution >= 4 is 46.6 Å². The second kappa shape index (κ2) is 13.6. The number of aryl methyl sites for hydroxylation is 1. The number of ether oxygens (including phenoxy) is 1. The van der Waals surface area contributed by atoms with Crippen LogP contribution in [-0.2, 0) is 16.0 Å². The molecule has 0 unspecified atom stereocenters. The minimum absolute atomic E-state index is 0.0411. The second-order valence-electron chi connectivity index (χ2n) is 9.86. The van der Waals surface area contributed by atoms with E-state index in [0.29, 0.717) is 40.5 Å². The molecular weight excluding hydrogens is 591 g/mol. The molecule has 0 bridgehead atoms. The van der Waals surface area contributed by atoms with Gasteiger partial charge in [0.05, 0.1) is 16.7 Å². The van der Waals surface area contributed by atoms with E-state index in [2.05, 4.69) is 21.4 Å². The highest BCUT2D eigenvalue weighted by Gasteiger charge is 2.29. The summed E-state index contributed by atoms with van der Waals surface area (Å²) in [4.78, 5) is 38.6. The summed E-state index contributed by atoms with van der Waals surface area (Å²) in [6.07, 6.45) is 1.93. The number of furan rings is 1. The van der Waals surface area contributed by atoms with Crippen LogP contribution < -0.4 is 21.0 Å². The second-order valence-corrected chi connectivity index (χ2v) is 10.7. The lowest BCUT2D eigenvalue weighted by Gasteiger charge is -2.18. The molecule has 0 radical (unpaired) electrons. The van der Waals surface area contributed by atoms with Gasteiger partial charge in [0.1, 0.15) is 11.5 Å². The Morgan fingerprint density at radius 1 is 0.930 bits per heavy atom. The molecule has 220 valence electrons. The van der Waals surface area contributed by atoms with Crippen molar-refractivity contribution in [1.82, 2.24) is 16.3 Å². The zero-order chi connectivity index (χ0) is 30.3. The van der Waals surface area contributed by atoms with Gasteiger partial charge in [0.2, 0.25) is 0 Å². The molecule has 3 N–H and O–H groups in total. The topological polar surface area (TPSA) is 122 Å². The van der Waals surface area contributed by atoms with E-state index in [0.717, 1.165) is 17.5 Å². The molecule has 11 heteroatoms. The van der Waals surface area contributed by atoms with Crippen LogP contribution in [0.3, 0.4) is 0 Å². The van der Waals surface area contributed by atoms with Gasteiger partial charge in [-0.15, -0.1) is 0 Å². The molecule has 5 rings (SSSR count). The quantitative estimate of drug-likeness (QED) is 0.218. The lowest BCUT2D eigenvalue weighted by Crippen LogP contribution is -2.43. The predicted octanol–water partition coefficient (Wildman–Crippen LogP) is 5.72. The molecule has 0 saturated carbocycles. The Morgan fingerprint density at radius 3 is 2.26 bits per heavy atom. The molecule has 0 fully saturated rings. The van der Waals surface area contributed by atoms with Crippen molar-refractivity contribution in [2.75, 3.05) is 6.61 Å². The molecule has 0 atom stereocenters. The number of nitrogens with zero attached hydrogens (tertiary/aromatic N) is 1. The van der Waals surface area contributed by atoms with E-state index < -0.39 is 24.3 Å². The Balaban J connectivity index is 1.26. The standard InChI is InChI=1S/C32H28Cl2N4O5/c1-19-28-24(35-37-31(40)29(20-9-4-2-5-10-20)21-11-6-3-7-12-21)13-8-14-26(28)43-30(19)32(41)38-36-27(39)18-42-25-16-15-22(33)17-23(25)34/h2-7,9-12,15-17,29H,8,13-14,18H2,1H3,(H,36,39)(H,37,40)(H,38,41)/b35-24+. The van der Waals surface area contributed by atoms with Crippen LogP contribution in [0.4, 0.5) is 0 Å². The van der Waals surface area contributed by atoms with Crippen molar-refractivity contribution < 1.29 is 23.5 Å². The SMILES string of the molecule is Cc1c(C(=O)NNC(=O)COc2ccc(Cl)cc2Cl)oc2c1/C(=N/NC(=O)C(c1ccccc1)c1ccccc1)CCC2. The third-order valence-electron chi connectivity index (χ3n) is 6.93. The van der Waals surface area contributed by atoms with Crippen molar-refractivity contribution in [2.45, 2.75) is 32.1 Å². The van der Waals surface area contributed by atoms with E-state index in [1.807, 2.05) is 60.7 Å². The van der Waals surface area contributed by atoms with Crippen molar-refractivity contribution in [3.8, 4) is 5.75 Å². The van der Waals surface area contributed by atoms with Crippen LogP contribution in [0, 0.1) is 6.92 Å². The maximum Gasteiger partial charge on any atom is 0.305 e. The largest absolute Gasteiger partial charge is 0.482 e. The van der Waals surface area contributed by atoms with Crippen LogP contribution >= 0.6 is 23.2 Å². The van der Waals surface area contributed by atoms with Gasteiger partial charge in [-0.1, -0.05) is 83.9 Å². The highest BCUT2D eigenvalue weighted by molar-refractivity contribution is 6.35. The first-order chi connectivity index (χ1) is 20.8. The summed E-state index contributed by atoms with van der Waals surface area (Å²) in [6.45, 7) is 1.35. The first-order valence-corrected chi connectivity index (χ1v) is 14.3. The number of benzene rings is 3. The molecule has 1 heterocycles. The van der Waals surface area contributed by atoms with Crippen LogP contribution in [0.1, 0.15) is 57.3 Å². The fourth-order valence-corrected chi connectivity index (χ4v) is 5.39. The van der Waals surface area contributed by atoms with Gasteiger partial charge in [0.25, 0.3) is 11.8 Å². The lowest BCUT2D eigenvalue weighted by molar-refractivity contribution is -0.124. The summed E-state index contributed by atoms with van der Waals surface area (Å²) < 4.78 is 11.3. The van der Waals surface area contributed by atoms with Crippen molar-refractivity contribution in [1.29, 1.82) is 0 Å². The van der Waals surface area contributed by atoms with Gasteiger partial charge in [-0.2, -0.15) is 5.10 Å². The zero-order valence-corrected chi connectivity index (χ0v) is 24.7. The molecule has 43 heavy (non-hydrogen) atoms. The Labute approximate surface area is 258 Å². The first-order valence-electron chi connectivity index (χ1n) is 13.6. The van der Waals surface area contributed by atoms with Gasteiger partial charge in [-0.3, -0.25) is 25.2 Å².